The van der Waals surface area contributed by atoms with E-state index in [2.05, 4.69) is 0 Å². The van der Waals surface area contributed by atoms with E-state index in [4.69, 9.17) is 21.7 Å². The van der Waals surface area contributed by atoms with Gasteiger partial charge in [0.1, 0.15) is 10.1 Å². The first kappa shape index (κ1) is 20.8. The van der Waals surface area contributed by atoms with E-state index in [9.17, 15) is 9.59 Å². The molecule has 2 heterocycles. The van der Waals surface area contributed by atoms with Crippen LogP contribution in [0.25, 0.3) is 0 Å². The van der Waals surface area contributed by atoms with Crippen molar-refractivity contribution in [2.45, 2.75) is 18.2 Å². The zero-order valence-electron chi connectivity index (χ0n) is 15.8. The summed E-state index contributed by atoms with van der Waals surface area (Å²) in [5.74, 6) is 0.399. The number of likely N-dealkylation sites (N-methyl/N-ethyl adjacent to an activating group) is 1. The number of carbonyl (C=O) groups is 2. The zero-order valence-corrected chi connectivity index (χ0v) is 18.2. The monoisotopic (exact) mass is 436 g/mol. The Bertz CT molecular complexity index is 882. The number of thioether (sulfide) groups is 2. The van der Waals surface area contributed by atoms with Gasteiger partial charge in [-0.3, -0.25) is 14.5 Å². The van der Waals surface area contributed by atoms with Crippen LogP contribution in [-0.4, -0.2) is 48.4 Å². The highest BCUT2D eigenvalue weighted by molar-refractivity contribution is 8.26. The summed E-state index contributed by atoms with van der Waals surface area (Å²) in [5.41, 5.74) is 0.969. The summed E-state index contributed by atoms with van der Waals surface area (Å²) in [6, 6.07) is 5.84. The number of anilines is 1. The average Bonchev–Trinajstić information content (AvgIpc) is 3.16. The second-order valence-corrected chi connectivity index (χ2v) is 8.65. The second kappa shape index (κ2) is 9.02. The molecule has 0 aliphatic carbocycles. The smallest absolute Gasteiger partial charge is 0.307 e. The molecule has 0 bridgehead atoms. The number of carbonyl (C=O) groups excluding carboxylic acids is 2. The van der Waals surface area contributed by atoms with Gasteiger partial charge in [0.05, 0.1) is 35.8 Å². The number of ether oxygens (including phenoxy) is 2. The SMILES string of the molecule is CCOC(=O)CCN1/C(=C\C=C2/SC(=S)N(C)C2=O)Sc2ccc(OC)cc21. The molecule has 3 rings (SSSR count). The number of hydrogen-bond donors (Lipinski definition) is 0. The summed E-state index contributed by atoms with van der Waals surface area (Å²) in [4.78, 5) is 29.2. The topological polar surface area (TPSA) is 59.1 Å². The maximum atomic E-state index is 12.2. The highest BCUT2D eigenvalue weighted by atomic mass is 32.2. The Balaban J connectivity index is 1.87. The fourth-order valence-electron chi connectivity index (χ4n) is 2.71. The number of hydrogen-bond acceptors (Lipinski definition) is 8. The van der Waals surface area contributed by atoms with Crippen LogP contribution in [0.15, 0.2) is 45.2 Å². The van der Waals surface area contributed by atoms with Crippen molar-refractivity contribution in [1.82, 2.24) is 4.90 Å². The van der Waals surface area contributed by atoms with E-state index >= 15 is 0 Å². The van der Waals surface area contributed by atoms with Crippen molar-refractivity contribution in [3.63, 3.8) is 0 Å². The summed E-state index contributed by atoms with van der Waals surface area (Å²) in [6.07, 6.45) is 3.94. The fourth-order valence-corrected chi connectivity index (χ4v) is 4.90. The molecule has 2 aliphatic heterocycles. The molecular formula is C19H20N2O4S3. The molecule has 0 saturated carbocycles. The number of benzene rings is 1. The molecule has 0 atom stereocenters. The highest BCUT2D eigenvalue weighted by Gasteiger charge is 2.29. The van der Waals surface area contributed by atoms with Crippen LogP contribution in [0.5, 0.6) is 5.75 Å². The largest absolute Gasteiger partial charge is 0.497 e. The molecule has 9 heteroatoms. The van der Waals surface area contributed by atoms with Gasteiger partial charge in [-0.1, -0.05) is 35.7 Å². The Morgan fingerprint density at radius 3 is 2.71 bits per heavy atom. The number of thiocarbonyl (C=S) groups is 1. The van der Waals surface area contributed by atoms with Gasteiger partial charge in [0.2, 0.25) is 0 Å². The summed E-state index contributed by atoms with van der Waals surface area (Å²) < 4.78 is 10.9. The van der Waals surface area contributed by atoms with Gasteiger partial charge < -0.3 is 14.4 Å². The number of esters is 1. The van der Waals surface area contributed by atoms with Gasteiger partial charge in [0.15, 0.2) is 0 Å². The predicted molar refractivity (Wildman–Crippen MR) is 117 cm³/mol. The molecule has 1 aromatic carbocycles. The van der Waals surface area contributed by atoms with E-state index < -0.39 is 0 Å². The van der Waals surface area contributed by atoms with Crippen LogP contribution in [0, 0.1) is 0 Å². The molecule has 28 heavy (non-hydrogen) atoms. The first-order chi connectivity index (χ1) is 13.4. The van der Waals surface area contributed by atoms with Gasteiger partial charge in [-0.25, -0.2) is 0 Å². The molecule has 148 valence electrons. The van der Waals surface area contributed by atoms with Crippen LogP contribution in [-0.2, 0) is 14.3 Å². The standard InChI is InChI=1S/C19H20N2O4S3/c1-4-25-17(22)9-10-21-13-11-12(24-3)5-6-14(13)27-16(21)8-7-15-18(23)20(2)19(26)28-15/h5-8,11H,4,9-10H2,1-3H3/b15-7-,16-8+. The number of fused-ring (bicyclic) bond motifs is 1. The van der Waals surface area contributed by atoms with Crippen LogP contribution < -0.4 is 9.64 Å². The van der Waals surface area contributed by atoms with Gasteiger partial charge in [-0.2, -0.15) is 0 Å². The lowest BCUT2D eigenvalue weighted by molar-refractivity contribution is -0.142. The Labute approximate surface area is 177 Å². The summed E-state index contributed by atoms with van der Waals surface area (Å²) in [6.45, 7) is 2.62. The Kier molecular flexibility index (Phi) is 6.69. The van der Waals surface area contributed by atoms with Crippen LogP contribution in [0.3, 0.4) is 0 Å². The summed E-state index contributed by atoms with van der Waals surface area (Å²) in [7, 11) is 3.29. The van der Waals surface area contributed by atoms with E-state index in [0.29, 0.717) is 22.4 Å². The van der Waals surface area contributed by atoms with Crippen molar-refractivity contribution in [2.75, 3.05) is 32.2 Å². The zero-order chi connectivity index (χ0) is 20.3. The number of nitrogens with zero attached hydrogens (tertiary/aromatic N) is 2. The van der Waals surface area contributed by atoms with Crippen molar-refractivity contribution in [1.29, 1.82) is 0 Å². The Morgan fingerprint density at radius 2 is 2.07 bits per heavy atom. The molecule has 0 spiro atoms. The maximum Gasteiger partial charge on any atom is 0.307 e. The first-order valence-electron chi connectivity index (χ1n) is 8.65. The van der Waals surface area contributed by atoms with Crippen molar-refractivity contribution >= 4 is 57.6 Å². The normalized spacial score (nSPS) is 19.0. The number of rotatable bonds is 6. The molecule has 0 aromatic heterocycles. The third kappa shape index (κ3) is 4.37. The van der Waals surface area contributed by atoms with E-state index in [1.807, 2.05) is 29.2 Å². The quantitative estimate of drug-likeness (QED) is 0.379. The number of amides is 1. The van der Waals surface area contributed by atoms with E-state index in [-0.39, 0.29) is 18.3 Å². The molecule has 1 fully saturated rings. The van der Waals surface area contributed by atoms with E-state index in [1.165, 1.54) is 16.7 Å². The highest BCUT2D eigenvalue weighted by Crippen LogP contribution is 2.47. The average molecular weight is 437 g/mol. The predicted octanol–water partition coefficient (Wildman–Crippen LogP) is 3.78. The molecule has 2 aliphatic rings. The Morgan fingerprint density at radius 1 is 1.29 bits per heavy atom. The third-order valence-corrected chi connectivity index (χ3v) is 6.78. The fraction of sp³-hybridized carbons (Fsp3) is 0.316. The lowest BCUT2D eigenvalue weighted by Gasteiger charge is -2.20. The van der Waals surface area contributed by atoms with Gasteiger partial charge in [0.25, 0.3) is 5.91 Å². The van der Waals surface area contributed by atoms with Crippen LogP contribution >= 0.6 is 35.7 Å². The third-order valence-electron chi connectivity index (χ3n) is 4.15. The molecule has 6 nitrogen and oxygen atoms in total. The molecule has 0 N–H and O–H groups in total. The maximum absolute atomic E-state index is 12.2. The minimum Gasteiger partial charge on any atom is -0.497 e. The van der Waals surface area contributed by atoms with Crippen molar-refractivity contribution in [3.05, 3.63) is 40.3 Å². The van der Waals surface area contributed by atoms with Gasteiger partial charge in [-0.05, 0) is 31.2 Å². The first-order valence-corrected chi connectivity index (χ1v) is 10.7. The van der Waals surface area contributed by atoms with E-state index in [1.54, 1.807) is 38.9 Å². The van der Waals surface area contributed by atoms with Crippen LogP contribution in [0.2, 0.25) is 0 Å². The summed E-state index contributed by atoms with van der Waals surface area (Å²) >= 11 is 8.04. The summed E-state index contributed by atoms with van der Waals surface area (Å²) in [5, 5.41) is 0.925. The van der Waals surface area contributed by atoms with E-state index in [0.717, 1.165) is 21.4 Å². The van der Waals surface area contributed by atoms with Gasteiger partial charge in [0, 0.05) is 24.6 Å². The minimum atomic E-state index is -0.241. The van der Waals surface area contributed by atoms with Crippen LogP contribution in [0.1, 0.15) is 13.3 Å². The molecule has 0 radical (unpaired) electrons. The molecular weight excluding hydrogens is 416 g/mol. The molecule has 1 amide bonds. The molecule has 1 saturated heterocycles. The minimum absolute atomic E-state index is 0.105. The molecule has 1 aromatic rings. The Hall–Kier alpha value is -1.97. The second-order valence-electron chi connectivity index (χ2n) is 5.91. The number of allylic oxidation sites excluding steroid dienone is 2. The van der Waals surface area contributed by atoms with Gasteiger partial charge >= 0.3 is 5.97 Å². The van der Waals surface area contributed by atoms with Crippen molar-refractivity contribution in [2.24, 2.45) is 0 Å². The number of methoxy groups -OCH3 is 1. The van der Waals surface area contributed by atoms with Crippen molar-refractivity contribution < 1.29 is 19.1 Å². The van der Waals surface area contributed by atoms with Crippen LogP contribution in [0.4, 0.5) is 5.69 Å². The lowest BCUT2D eigenvalue weighted by atomic mass is 10.2. The van der Waals surface area contributed by atoms with Gasteiger partial charge in [-0.15, -0.1) is 0 Å². The van der Waals surface area contributed by atoms with Crippen molar-refractivity contribution in [3.8, 4) is 5.75 Å². The molecule has 0 unspecified atom stereocenters. The lowest BCUT2D eigenvalue weighted by Crippen LogP contribution is -2.23.